The lowest BCUT2D eigenvalue weighted by atomic mass is 9.98. The van der Waals surface area contributed by atoms with Crippen molar-refractivity contribution in [3.05, 3.63) is 48.6 Å². The van der Waals surface area contributed by atoms with Crippen LogP contribution in [0, 0.1) is 0 Å². The maximum atomic E-state index is 13.1. The second kappa shape index (κ2) is 49.7. The van der Waals surface area contributed by atoms with E-state index in [0.717, 1.165) is 70.6 Å². The molecule has 77 heavy (non-hydrogen) atoms. The van der Waals surface area contributed by atoms with E-state index in [-0.39, 0.29) is 25.6 Å². The van der Waals surface area contributed by atoms with Crippen LogP contribution in [0.15, 0.2) is 48.6 Å². The van der Waals surface area contributed by atoms with Crippen molar-refractivity contribution in [3.63, 3.8) is 0 Å². The zero-order chi connectivity index (χ0) is 55.8. The molecule has 2 saturated heterocycles. The predicted molar refractivity (Wildman–Crippen MR) is 307 cm³/mol. The van der Waals surface area contributed by atoms with Crippen LogP contribution < -0.4 is 0 Å². The monoisotopic (exact) mass is 1090 g/mol. The van der Waals surface area contributed by atoms with Gasteiger partial charge >= 0.3 is 5.97 Å². The Kier molecular flexibility index (Phi) is 45.9. The Morgan fingerprint density at radius 1 is 0.442 bits per heavy atom. The van der Waals surface area contributed by atoms with Crippen molar-refractivity contribution in [1.82, 2.24) is 0 Å². The van der Waals surface area contributed by atoms with Gasteiger partial charge in [0.1, 0.15) is 54.9 Å². The molecule has 11 atom stereocenters. The molecule has 2 fully saturated rings. The van der Waals surface area contributed by atoms with E-state index in [2.05, 4.69) is 62.5 Å². The largest absolute Gasteiger partial charge is 0.457 e. The third-order valence-electron chi connectivity index (χ3n) is 14.9. The molecular formula is C63H114O14. The topological polar surface area (TPSA) is 214 Å². The van der Waals surface area contributed by atoms with Gasteiger partial charge in [-0.05, 0) is 51.4 Å². The van der Waals surface area contributed by atoms with E-state index in [1.165, 1.54) is 148 Å². The molecule has 11 unspecified atom stereocenters. The average Bonchev–Trinajstić information content (AvgIpc) is 3.43. The van der Waals surface area contributed by atoms with Crippen molar-refractivity contribution < 1.29 is 69.0 Å². The standard InChI is InChI=1S/C63H114O14/c1-3-5-7-9-11-13-15-17-19-21-23-25-27-29-31-33-35-37-39-41-43-45-47-72-49-52(50-73-62-61(71)59(69)57(67)54(77-62)51-74-63-60(70)58(68)56(66)53(48-64)76-63)75-55(65)46-44-42-40-38-36-34-32-30-28-26-24-22-20-18-16-14-12-10-8-6-4-2/h5,7,11,13,17,19,23,25,52-54,56-64,66-71H,3-4,6,8-10,12,14-16,18,20-22,24,26-51H2,1-2H3/b7-5-,13-11-,19-17-,25-23-. The van der Waals surface area contributed by atoms with E-state index < -0.39 is 80.7 Å². The number of esters is 1. The normalized spacial score (nSPS) is 24.6. The summed E-state index contributed by atoms with van der Waals surface area (Å²) in [4.78, 5) is 13.1. The van der Waals surface area contributed by atoms with Crippen LogP contribution in [0.4, 0.5) is 0 Å². The van der Waals surface area contributed by atoms with Crippen LogP contribution in [0.2, 0.25) is 0 Å². The summed E-state index contributed by atoms with van der Waals surface area (Å²) in [6.07, 6.45) is 44.6. The zero-order valence-electron chi connectivity index (χ0n) is 48.4. The van der Waals surface area contributed by atoms with Gasteiger partial charge in [-0.3, -0.25) is 4.79 Å². The van der Waals surface area contributed by atoms with Gasteiger partial charge in [0.2, 0.25) is 0 Å². The van der Waals surface area contributed by atoms with Crippen molar-refractivity contribution >= 4 is 5.97 Å². The quantitative estimate of drug-likeness (QED) is 0.0172. The molecule has 0 bridgehead atoms. The van der Waals surface area contributed by atoms with E-state index in [9.17, 15) is 40.5 Å². The number of ether oxygens (including phenoxy) is 6. The molecule has 2 rings (SSSR count). The number of hydrogen-bond donors (Lipinski definition) is 7. The van der Waals surface area contributed by atoms with Gasteiger partial charge < -0.3 is 64.2 Å². The van der Waals surface area contributed by atoms with Gasteiger partial charge in [-0.25, -0.2) is 0 Å². The van der Waals surface area contributed by atoms with Crippen molar-refractivity contribution in [3.8, 4) is 0 Å². The maximum Gasteiger partial charge on any atom is 0.306 e. The molecule has 2 heterocycles. The number of carbonyl (C=O) groups excluding carboxylic acids is 1. The first kappa shape index (κ1) is 71.1. The Morgan fingerprint density at radius 2 is 0.844 bits per heavy atom. The molecule has 7 N–H and O–H groups in total. The minimum atomic E-state index is -1.71. The third-order valence-corrected chi connectivity index (χ3v) is 14.9. The Labute approximate surface area is 467 Å². The number of carbonyl (C=O) groups is 1. The van der Waals surface area contributed by atoms with Crippen LogP contribution in [-0.4, -0.2) is 142 Å². The summed E-state index contributed by atoms with van der Waals surface area (Å²) in [5, 5.41) is 72.5. The lowest BCUT2D eigenvalue weighted by Crippen LogP contribution is -2.61. The Balaban J connectivity index is 1.69. The highest BCUT2D eigenvalue weighted by Crippen LogP contribution is 2.27. The fourth-order valence-corrected chi connectivity index (χ4v) is 9.87. The van der Waals surface area contributed by atoms with Crippen LogP contribution in [0.3, 0.4) is 0 Å². The van der Waals surface area contributed by atoms with Crippen molar-refractivity contribution in [1.29, 1.82) is 0 Å². The van der Waals surface area contributed by atoms with Gasteiger partial charge in [-0.2, -0.15) is 0 Å². The molecule has 0 amide bonds. The predicted octanol–water partition coefficient (Wildman–Crippen LogP) is 11.9. The number of aliphatic hydroxyl groups excluding tert-OH is 7. The second-order valence-electron chi connectivity index (χ2n) is 21.9. The van der Waals surface area contributed by atoms with Crippen LogP contribution >= 0.6 is 0 Å². The van der Waals surface area contributed by atoms with Crippen molar-refractivity contribution in [2.45, 2.75) is 313 Å². The lowest BCUT2D eigenvalue weighted by molar-refractivity contribution is -0.332. The SMILES string of the molecule is CC/C=C\C/C=C\C/C=C\C/C=C\CCCCCCCCCCCOCC(COC1OC(COC2OC(CO)C(O)C(O)C2O)C(O)C(O)C1O)OC(=O)CCCCCCCCCCCCCCCCCCCCCCC. The fraction of sp³-hybridized carbons (Fsp3) is 0.857. The highest BCUT2D eigenvalue weighted by molar-refractivity contribution is 5.69. The molecule has 450 valence electrons. The van der Waals surface area contributed by atoms with Crippen molar-refractivity contribution in [2.75, 3.05) is 33.0 Å². The summed E-state index contributed by atoms with van der Waals surface area (Å²) in [6.45, 7) is 3.61. The molecular weight excluding hydrogens is 981 g/mol. The van der Waals surface area contributed by atoms with Crippen LogP contribution in [0.1, 0.15) is 245 Å². The molecule has 0 aromatic heterocycles. The first-order valence-electron chi connectivity index (χ1n) is 31.2. The smallest absolute Gasteiger partial charge is 0.306 e. The number of unbranched alkanes of at least 4 members (excludes halogenated alkanes) is 29. The van der Waals surface area contributed by atoms with E-state index in [4.69, 9.17) is 28.4 Å². The van der Waals surface area contributed by atoms with E-state index >= 15 is 0 Å². The van der Waals surface area contributed by atoms with Gasteiger partial charge in [0, 0.05) is 13.0 Å². The zero-order valence-corrected chi connectivity index (χ0v) is 48.4. The van der Waals surface area contributed by atoms with Gasteiger partial charge in [0.05, 0.1) is 26.4 Å². The number of aliphatic hydroxyl groups is 7. The summed E-state index contributed by atoms with van der Waals surface area (Å²) < 4.78 is 34.5. The second-order valence-corrected chi connectivity index (χ2v) is 21.9. The van der Waals surface area contributed by atoms with Gasteiger partial charge in [0.15, 0.2) is 12.6 Å². The number of hydrogen-bond acceptors (Lipinski definition) is 14. The molecule has 0 saturated carbocycles. The molecule has 0 spiro atoms. The molecule has 2 aliphatic heterocycles. The molecule has 0 radical (unpaired) electrons. The van der Waals surface area contributed by atoms with Gasteiger partial charge in [0.25, 0.3) is 0 Å². The molecule has 0 aromatic carbocycles. The third kappa shape index (κ3) is 36.1. The van der Waals surface area contributed by atoms with Gasteiger partial charge in [-0.15, -0.1) is 0 Å². The van der Waals surface area contributed by atoms with E-state index in [0.29, 0.717) is 13.0 Å². The van der Waals surface area contributed by atoms with Gasteiger partial charge in [-0.1, -0.05) is 236 Å². The van der Waals surface area contributed by atoms with Crippen LogP contribution in [-0.2, 0) is 33.2 Å². The number of rotatable bonds is 51. The summed E-state index contributed by atoms with van der Waals surface area (Å²) in [7, 11) is 0. The Hall–Kier alpha value is -2.05. The average molecular weight is 1100 g/mol. The molecule has 0 aromatic rings. The molecule has 14 heteroatoms. The molecule has 2 aliphatic rings. The molecule has 14 nitrogen and oxygen atoms in total. The van der Waals surface area contributed by atoms with E-state index in [1.807, 2.05) is 0 Å². The number of allylic oxidation sites excluding steroid dienone is 8. The lowest BCUT2D eigenvalue weighted by Gasteiger charge is -2.42. The maximum absolute atomic E-state index is 13.1. The highest BCUT2D eigenvalue weighted by Gasteiger charge is 2.47. The highest BCUT2D eigenvalue weighted by atomic mass is 16.7. The van der Waals surface area contributed by atoms with E-state index in [1.54, 1.807) is 0 Å². The first-order chi connectivity index (χ1) is 37.6. The fourth-order valence-electron chi connectivity index (χ4n) is 9.87. The Morgan fingerprint density at radius 3 is 1.32 bits per heavy atom. The minimum absolute atomic E-state index is 0.0591. The summed E-state index contributed by atoms with van der Waals surface area (Å²) in [5.74, 6) is -0.374. The van der Waals surface area contributed by atoms with Crippen molar-refractivity contribution in [2.24, 2.45) is 0 Å². The van der Waals surface area contributed by atoms with Crippen LogP contribution in [0.25, 0.3) is 0 Å². The minimum Gasteiger partial charge on any atom is -0.457 e. The molecule has 0 aliphatic carbocycles. The summed E-state index contributed by atoms with van der Waals surface area (Å²) in [6, 6.07) is 0. The van der Waals surface area contributed by atoms with Crippen LogP contribution in [0.5, 0.6) is 0 Å². The Bertz CT molecular complexity index is 1460. The summed E-state index contributed by atoms with van der Waals surface area (Å²) in [5.41, 5.74) is 0. The first-order valence-corrected chi connectivity index (χ1v) is 31.2. The summed E-state index contributed by atoms with van der Waals surface area (Å²) >= 11 is 0.